The molecule has 17 heavy (non-hydrogen) atoms. The van der Waals surface area contributed by atoms with Crippen molar-refractivity contribution >= 4 is 5.69 Å². The van der Waals surface area contributed by atoms with Crippen LogP contribution >= 0.6 is 0 Å². The van der Waals surface area contributed by atoms with E-state index in [9.17, 15) is 0 Å². The van der Waals surface area contributed by atoms with Crippen LogP contribution in [0, 0.1) is 6.92 Å². The molecule has 1 saturated carbocycles. The predicted molar refractivity (Wildman–Crippen MR) is 67.0 cm³/mol. The summed E-state index contributed by atoms with van der Waals surface area (Å²) in [5.74, 6) is 0.748. The Balaban J connectivity index is 0.00000108. The second-order valence-electron chi connectivity index (χ2n) is 5.90. The summed E-state index contributed by atoms with van der Waals surface area (Å²) in [6, 6.07) is 6.80. The number of para-hydroxylation sites is 1. The fourth-order valence-electron chi connectivity index (χ4n) is 3.84. The minimum atomic E-state index is 0. The van der Waals surface area contributed by atoms with Crippen LogP contribution in [-0.4, -0.2) is 5.54 Å². The molecule has 1 aliphatic heterocycles. The SMILES string of the molecule is Cc1cccc2c1[NH2+]C1(CCCC1)CC2C.[Cl-]. The Bertz CT molecular complexity index is 407. The van der Waals surface area contributed by atoms with Gasteiger partial charge in [-0.05, 0) is 25.7 Å². The van der Waals surface area contributed by atoms with Crippen LogP contribution in [0.1, 0.15) is 56.1 Å². The summed E-state index contributed by atoms with van der Waals surface area (Å²) in [6.45, 7) is 4.67. The molecule has 1 aliphatic carbocycles. The van der Waals surface area contributed by atoms with Gasteiger partial charge in [-0.3, -0.25) is 0 Å². The van der Waals surface area contributed by atoms with Gasteiger partial charge < -0.3 is 17.7 Å². The molecule has 0 bridgehead atoms. The lowest BCUT2D eigenvalue weighted by Crippen LogP contribution is -3.00. The van der Waals surface area contributed by atoms with Crippen molar-refractivity contribution < 1.29 is 17.7 Å². The highest BCUT2D eigenvalue weighted by Gasteiger charge is 2.43. The van der Waals surface area contributed by atoms with Crippen LogP contribution in [0.2, 0.25) is 0 Å². The fraction of sp³-hybridized carbons (Fsp3) is 0.600. The van der Waals surface area contributed by atoms with Crippen molar-refractivity contribution in [2.24, 2.45) is 0 Å². The normalized spacial score (nSPS) is 25.4. The van der Waals surface area contributed by atoms with Crippen LogP contribution in [-0.2, 0) is 0 Å². The molecule has 1 aromatic rings. The zero-order chi connectivity index (χ0) is 11.2. The Hall–Kier alpha value is -0.530. The summed E-state index contributed by atoms with van der Waals surface area (Å²) < 4.78 is 0. The first-order valence-corrected chi connectivity index (χ1v) is 6.66. The average Bonchev–Trinajstić information content (AvgIpc) is 2.68. The van der Waals surface area contributed by atoms with Crippen molar-refractivity contribution in [1.82, 2.24) is 0 Å². The van der Waals surface area contributed by atoms with E-state index in [0.29, 0.717) is 5.54 Å². The third kappa shape index (κ3) is 2.11. The number of fused-ring (bicyclic) bond motifs is 1. The van der Waals surface area contributed by atoms with Gasteiger partial charge in [-0.25, -0.2) is 0 Å². The van der Waals surface area contributed by atoms with E-state index in [2.05, 4.69) is 37.4 Å². The van der Waals surface area contributed by atoms with E-state index in [1.807, 2.05) is 0 Å². The van der Waals surface area contributed by atoms with E-state index in [1.165, 1.54) is 37.7 Å². The van der Waals surface area contributed by atoms with Crippen molar-refractivity contribution in [2.45, 2.75) is 57.4 Å². The van der Waals surface area contributed by atoms with Crippen molar-refractivity contribution in [1.29, 1.82) is 0 Å². The van der Waals surface area contributed by atoms with Gasteiger partial charge in [0.2, 0.25) is 0 Å². The minimum Gasteiger partial charge on any atom is -1.00 e. The molecule has 2 heteroatoms. The summed E-state index contributed by atoms with van der Waals surface area (Å²) in [5, 5.41) is 2.62. The highest BCUT2D eigenvalue weighted by Crippen LogP contribution is 2.41. The van der Waals surface area contributed by atoms with Gasteiger partial charge in [0.1, 0.15) is 11.2 Å². The van der Waals surface area contributed by atoms with Crippen LogP contribution < -0.4 is 17.7 Å². The molecule has 2 aliphatic rings. The summed E-state index contributed by atoms with van der Waals surface area (Å²) in [5.41, 5.74) is 5.16. The standard InChI is InChI=1S/C15H21N.ClH/c1-11-6-5-7-13-12(2)10-15(16-14(11)13)8-3-4-9-15;/h5-7,12,16H,3-4,8-10H2,1-2H3;1H. The maximum atomic E-state index is 2.62. The van der Waals surface area contributed by atoms with Gasteiger partial charge in [-0.2, -0.15) is 0 Å². The molecule has 0 aromatic heterocycles. The molecule has 1 unspecified atom stereocenters. The van der Waals surface area contributed by atoms with Gasteiger partial charge in [0.15, 0.2) is 0 Å². The monoisotopic (exact) mass is 251 g/mol. The molecule has 1 nitrogen and oxygen atoms in total. The number of benzene rings is 1. The molecule has 1 spiro atoms. The molecule has 2 N–H and O–H groups in total. The van der Waals surface area contributed by atoms with E-state index in [-0.39, 0.29) is 12.4 Å². The first-order chi connectivity index (χ1) is 7.70. The fourth-order valence-corrected chi connectivity index (χ4v) is 3.84. The Morgan fingerprint density at radius 3 is 2.65 bits per heavy atom. The lowest BCUT2D eigenvalue weighted by Gasteiger charge is -2.36. The van der Waals surface area contributed by atoms with Crippen molar-refractivity contribution in [3.8, 4) is 0 Å². The van der Waals surface area contributed by atoms with Crippen molar-refractivity contribution in [3.05, 3.63) is 29.3 Å². The maximum Gasteiger partial charge on any atom is 0.136 e. The van der Waals surface area contributed by atoms with Gasteiger partial charge in [0, 0.05) is 30.4 Å². The second kappa shape index (κ2) is 4.62. The summed E-state index contributed by atoms with van der Waals surface area (Å²) >= 11 is 0. The van der Waals surface area contributed by atoms with Crippen LogP contribution in [0.4, 0.5) is 5.69 Å². The molecule has 0 saturated heterocycles. The summed E-state index contributed by atoms with van der Waals surface area (Å²) in [6.07, 6.45) is 7.09. The van der Waals surface area contributed by atoms with Gasteiger partial charge in [-0.15, -0.1) is 0 Å². The molecule has 94 valence electrons. The van der Waals surface area contributed by atoms with E-state index < -0.39 is 0 Å². The molecular weight excluding hydrogens is 230 g/mol. The van der Waals surface area contributed by atoms with E-state index in [1.54, 1.807) is 11.3 Å². The van der Waals surface area contributed by atoms with Gasteiger partial charge in [0.25, 0.3) is 0 Å². The Kier molecular flexibility index (Phi) is 3.51. The quantitative estimate of drug-likeness (QED) is 0.626. The Morgan fingerprint density at radius 2 is 1.94 bits per heavy atom. The molecule has 1 heterocycles. The number of halogens is 1. The van der Waals surface area contributed by atoms with Crippen molar-refractivity contribution in [2.75, 3.05) is 0 Å². The number of aryl methyl sites for hydroxylation is 1. The van der Waals surface area contributed by atoms with E-state index in [4.69, 9.17) is 0 Å². The van der Waals surface area contributed by atoms with Crippen LogP contribution in [0.15, 0.2) is 18.2 Å². The van der Waals surface area contributed by atoms with E-state index in [0.717, 1.165) is 5.92 Å². The Labute approximate surface area is 110 Å². The largest absolute Gasteiger partial charge is 1.00 e. The molecule has 0 amide bonds. The molecular formula is C15H22ClN. The van der Waals surface area contributed by atoms with Crippen molar-refractivity contribution in [3.63, 3.8) is 0 Å². The number of rotatable bonds is 0. The molecule has 1 aromatic carbocycles. The van der Waals surface area contributed by atoms with Crippen LogP contribution in [0.25, 0.3) is 0 Å². The van der Waals surface area contributed by atoms with Crippen LogP contribution in [0.5, 0.6) is 0 Å². The smallest absolute Gasteiger partial charge is 0.136 e. The van der Waals surface area contributed by atoms with Gasteiger partial charge in [0.05, 0.1) is 0 Å². The zero-order valence-electron chi connectivity index (χ0n) is 10.8. The second-order valence-corrected chi connectivity index (χ2v) is 5.90. The highest BCUT2D eigenvalue weighted by atomic mass is 35.5. The van der Waals surface area contributed by atoms with E-state index >= 15 is 0 Å². The Morgan fingerprint density at radius 1 is 1.24 bits per heavy atom. The molecule has 0 radical (unpaired) electrons. The van der Waals surface area contributed by atoms with Crippen LogP contribution in [0.3, 0.4) is 0 Å². The molecule has 1 atom stereocenters. The third-order valence-electron chi connectivity index (χ3n) is 4.65. The topological polar surface area (TPSA) is 16.6 Å². The summed E-state index contributed by atoms with van der Waals surface area (Å²) in [4.78, 5) is 0. The zero-order valence-corrected chi connectivity index (χ0v) is 11.6. The molecule has 1 fully saturated rings. The minimum absolute atomic E-state index is 0. The summed E-state index contributed by atoms with van der Waals surface area (Å²) in [7, 11) is 0. The first kappa shape index (κ1) is 12.9. The lowest BCUT2D eigenvalue weighted by atomic mass is 9.78. The number of quaternary nitrogens is 1. The lowest BCUT2D eigenvalue weighted by molar-refractivity contribution is -0.660. The average molecular weight is 252 g/mol. The van der Waals surface area contributed by atoms with Gasteiger partial charge >= 0.3 is 0 Å². The third-order valence-corrected chi connectivity index (χ3v) is 4.65. The maximum absolute atomic E-state index is 2.62. The molecule has 3 rings (SSSR count). The number of hydrogen-bond acceptors (Lipinski definition) is 0. The predicted octanol–water partition coefficient (Wildman–Crippen LogP) is 0.0139. The first-order valence-electron chi connectivity index (χ1n) is 6.66. The highest BCUT2D eigenvalue weighted by molar-refractivity contribution is 5.49. The number of hydrogen-bond donors (Lipinski definition) is 1. The van der Waals surface area contributed by atoms with Gasteiger partial charge in [-0.1, -0.05) is 25.1 Å². The number of nitrogens with two attached hydrogens (primary N) is 1.